The maximum absolute atomic E-state index is 12.9. The van der Waals surface area contributed by atoms with E-state index in [1.54, 1.807) is 12.1 Å². The Bertz CT molecular complexity index is 1180. The van der Waals surface area contributed by atoms with Crippen molar-refractivity contribution < 1.29 is 18.7 Å². The SMILES string of the molecule is O=C(N[C@H]1N=C(c2ccccc2)c2ccccc2NC1=O)c1ccc(CN2CCOCC2)o1. The van der Waals surface area contributed by atoms with Crippen molar-refractivity contribution in [3.05, 3.63) is 89.4 Å². The summed E-state index contributed by atoms with van der Waals surface area (Å²) in [6.45, 7) is 3.63. The summed E-state index contributed by atoms with van der Waals surface area (Å²) < 4.78 is 11.1. The molecule has 2 aromatic carbocycles. The van der Waals surface area contributed by atoms with Gasteiger partial charge < -0.3 is 19.8 Å². The number of hydrogen-bond donors (Lipinski definition) is 2. The van der Waals surface area contributed by atoms with Crippen molar-refractivity contribution in [1.29, 1.82) is 0 Å². The van der Waals surface area contributed by atoms with E-state index in [4.69, 9.17) is 9.15 Å². The number of nitrogens with zero attached hydrogens (tertiary/aromatic N) is 2. The molecule has 5 rings (SSSR count). The van der Waals surface area contributed by atoms with E-state index >= 15 is 0 Å². The zero-order chi connectivity index (χ0) is 22.6. The number of furan rings is 1. The van der Waals surface area contributed by atoms with Gasteiger partial charge in [0.05, 0.1) is 31.2 Å². The first kappa shape index (κ1) is 21.1. The average molecular weight is 444 g/mol. The van der Waals surface area contributed by atoms with E-state index in [0.717, 1.165) is 24.2 Å². The van der Waals surface area contributed by atoms with Crippen molar-refractivity contribution >= 4 is 23.2 Å². The molecule has 2 aliphatic heterocycles. The van der Waals surface area contributed by atoms with Crippen LogP contribution in [-0.4, -0.2) is 54.9 Å². The summed E-state index contributed by atoms with van der Waals surface area (Å²) in [4.78, 5) is 32.7. The summed E-state index contributed by atoms with van der Waals surface area (Å²) >= 11 is 0. The lowest BCUT2D eigenvalue weighted by atomic mass is 10.0. The first-order valence-electron chi connectivity index (χ1n) is 10.9. The lowest BCUT2D eigenvalue weighted by Gasteiger charge is -2.25. The van der Waals surface area contributed by atoms with Gasteiger partial charge in [0.15, 0.2) is 5.76 Å². The summed E-state index contributed by atoms with van der Waals surface area (Å²) in [6, 6.07) is 20.4. The van der Waals surface area contributed by atoms with Gasteiger partial charge in [0.2, 0.25) is 6.17 Å². The van der Waals surface area contributed by atoms with Gasteiger partial charge in [-0.15, -0.1) is 0 Å². The molecule has 1 saturated heterocycles. The van der Waals surface area contributed by atoms with Crippen molar-refractivity contribution in [1.82, 2.24) is 10.2 Å². The maximum Gasteiger partial charge on any atom is 0.289 e. The molecule has 0 radical (unpaired) electrons. The number of aliphatic imine (C=N–C) groups is 1. The maximum atomic E-state index is 12.9. The number of anilines is 1. The molecule has 33 heavy (non-hydrogen) atoms. The Hall–Kier alpha value is -3.75. The van der Waals surface area contributed by atoms with Crippen LogP contribution in [0.3, 0.4) is 0 Å². The van der Waals surface area contributed by atoms with Crippen LogP contribution in [0.1, 0.15) is 27.4 Å². The Morgan fingerprint density at radius 2 is 1.79 bits per heavy atom. The smallest absolute Gasteiger partial charge is 0.289 e. The van der Waals surface area contributed by atoms with E-state index < -0.39 is 18.0 Å². The van der Waals surface area contributed by atoms with Gasteiger partial charge in [0.1, 0.15) is 5.76 Å². The lowest BCUT2D eigenvalue weighted by Crippen LogP contribution is -2.42. The Morgan fingerprint density at radius 3 is 2.61 bits per heavy atom. The van der Waals surface area contributed by atoms with Gasteiger partial charge >= 0.3 is 0 Å². The molecule has 1 atom stereocenters. The molecular formula is C25H24N4O4. The Morgan fingerprint density at radius 1 is 1.03 bits per heavy atom. The van der Waals surface area contributed by atoms with Crippen molar-refractivity contribution in [3.8, 4) is 0 Å². The van der Waals surface area contributed by atoms with Crippen LogP contribution in [0, 0.1) is 0 Å². The van der Waals surface area contributed by atoms with Crippen molar-refractivity contribution in [2.45, 2.75) is 12.7 Å². The molecule has 2 amide bonds. The van der Waals surface area contributed by atoms with Crippen LogP contribution in [-0.2, 0) is 16.1 Å². The van der Waals surface area contributed by atoms with E-state index in [1.165, 1.54) is 0 Å². The van der Waals surface area contributed by atoms with Gasteiger partial charge in [-0.25, -0.2) is 4.99 Å². The molecule has 1 aromatic heterocycles. The van der Waals surface area contributed by atoms with E-state index in [2.05, 4.69) is 20.5 Å². The predicted octanol–water partition coefficient (Wildman–Crippen LogP) is 2.66. The number of carbonyl (C=O) groups is 2. The lowest BCUT2D eigenvalue weighted by molar-refractivity contribution is -0.117. The second-order valence-corrected chi connectivity index (χ2v) is 7.91. The van der Waals surface area contributed by atoms with E-state index in [9.17, 15) is 9.59 Å². The second-order valence-electron chi connectivity index (χ2n) is 7.91. The minimum atomic E-state index is -1.10. The topological polar surface area (TPSA) is 96.2 Å². The normalized spacial score (nSPS) is 18.6. The van der Waals surface area contributed by atoms with Gasteiger partial charge in [0, 0.05) is 24.2 Å². The number of para-hydroxylation sites is 1. The fourth-order valence-corrected chi connectivity index (χ4v) is 3.94. The van der Waals surface area contributed by atoms with Crippen molar-refractivity contribution in [2.24, 2.45) is 4.99 Å². The predicted molar refractivity (Wildman–Crippen MR) is 123 cm³/mol. The highest BCUT2D eigenvalue weighted by Gasteiger charge is 2.28. The molecule has 3 heterocycles. The van der Waals surface area contributed by atoms with Crippen molar-refractivity contribution in [3.63, 3.8) is 0 Å². The largest absolute Gasteiger partial charge is 0.455 e. The van der Waals surface area contributed by atoms with Gasteiger partial charge in [0.25, 0.3) is 11.8 Å². The second kappa shape index (κ2) is 9.40. The number of benzene rings is 2. The molecule has 2 N–H and O–H groups in total. The van der Waals surface area contributed by atoms with Crippen LogP contribution in [0.25, 0.3) is 0 Å². The summed E-state index contributed by atoms with van der Waals surface area (Å²) in [6.07, 6.45) is -1.10. The summed E-state index contributed by atoms with van der Waals surface area (Å²) in [5.41, 5.74) is 2.92. The average Bonchev–Trinajstić information content (AvgIpc) is 3.26. The molecular weight excluding hydrogens is 420 g/mol. The number of fused-ring (bicyclic) bond motifs is 1. The zero-order valence-corrected chi connectivity index (χ0v) is 18.0. The molecule has 1 fully saturated rings. The third-order valence-corrected chi connectivity index (χ3v) is 5.63. The molecule has 8 heteroatoms. The number of benzodiazepines with no additional fused rings is 1. The van der Waals surface area contributed by atoms with Gasteiger partial charge in [-0.1, -0.05) is 48.5 Å². The quantitative estimate of drug-likeness (QED) is 0.631. The number of ether oxygens (including phenoxy) is 1. The monoisotopic (exact) mass is 444 g/mol. The summed E-state index contributed by atoms with van der Waals surface area (Å²) in [5.74, 6) is -0.0788. The minimum absolute atomic E-state index is 0.143. The number of rotatable bonds is 5. The molecule has 2 aliphatic rings. The standard InChI is InChI=1S/C25H24N4O4/c30-24(21-11-10-18(33-21)16-29-12-14-32-15-13-29)28-23-25(31)26-20-9-5-4-8-19(20)22(27-23)17-6-2-1-3-7-17/h1-11,23H,12-16H2,(H,26,31)(H,28,30)/t23-/m1/s1. The number of nitrogens with one attached hydrogen (secondary N) is 2. The highest BCUT2D eigenvalue weighted by atomic mass is 16.5. The summed E-state index contributed by atoms with van der Waals surface area (Å²) in [5, 5.41) is 5.58. The Balaban J connectivity index is 1.37. The van der Waals surface area contributed by atoms with Crippen LogP contribution in [0.15, 0.2) is 76.1 Å². The van der Waals surface area contributed by atoms with Crippen LogP contribution < -0.4 is 10.6 Å². The number of carbonyl (C=O) groups excluding carboxylic acids is 2. The molecule has 0 unspecified atom stereocenters. The fraction of sp³-hybridized carbons (Fsp3) is 0.240. The molecule has 0 saturated carbocycles. The molecule has 0 aliphatic carbocycles. The van der Waals surface area contributed by atoms with E-state index in [-0.39, 0.29) is 5.76 Å². The third kappa shape index (κ3) is 4.72. The van der Waals surface area contributed by atoms with Crippen LogP contribution in [0.2, 0.25) is 0 Å². The highest BCUT2D eigenvalue weighted by molar-refractivity contribution is 6.20. The van der Waals surface area contributed by atoms with Gasteiger partial charge in [-0.3, -0.25) is 14.5 Å². The van der Waals surface area contributed by atoms with Crippen LogP contribution in [0.4, 0.5) is 5.69 Å². The Kier molecular flexibility index (Phi) is 6.01. The van der Waals surface area contributed by atoms with Gasteiger partial charge in [-0.05, 0) is 18.2 Å². The third-order valence-electron chi connectivity index (χ3n) is 5.63. The van der Waals surface area contributed by atoms with Crippen LogP contribution in [0.5, 0.6) is 0 Å². The zero-order valence-electron chi connectivity index (χ0n) is 18.0. The van der Waals surface area contributed by atoms with E-state index in [1.807, 2.05) is 54.6 Å². The fourth-order valence-electron chi connectivity index (χ4n) is 3.94. The number of morpholine rings is 1. The molecule has 0 spiro atoms. The van der Waals surface area contributed by atoms with Gasteiger partial charge in [-0.2, -0.15) is 0 Å². The Labute approximate surface area is 191 Å². The van der Waals surface area contributed by atoms with E-state index in [0.29, 0.717) is 36.9 Å². The number of hydrogen-bond acceptors (Lipinski definition) is 6. The van der Waals surface area contributed by atoms with Crippen LogP contribution >= 0.6 is 0 Å². The molecule has 0 bridgehead atoms. The first-order valence-corrected chi connectivity index (χ1v) is 10.9. The molecule has 3 aromatic rings. The first-order chi connectivity index (χ1) is 16.2. The highest BCUT2D eigenvalue weighted by Crippen LogP contribution is 2.24. The minimum Gasteiger partial charge on any atom is -0.455 e. The van der Waals surface area contributed by atoms with Crippen molar-refractivity contribution in [2.75, 3.05) is 31.6 Å². The summed E-state index contributed by atoms with van der Waals surface area (Å²) in [7, 11) is 0. The molecule has 8 nitrogen and oxygen atoms in total. The number of amides is 2. The molecule has 168 valence electrons.